The van der Waals surface area contributed by atoms with Gasteiger partial charge in [-0.25, -0.2) is 0 Å². The third kappa shape index (κ3) is 3.97. The molecule has 0 atom stereocenters. The standard InChI is InChI=1S/C12H20N4O2/c1-12(2,8-17)7-14-6-9-4-3-5-15-10(9)11(13)16-18/h3-5,14,17-18H,6-8H2,1-2H3,(H2,13,16). The summed E-state index contributed by atoms with van der Waals surface area (Å²) in [5, 5.41) is 24.0. The maximum Gasteiger partial charge on any atom is 0.189 e. The molecule has 0 spiro atoms. The molecule has 0 unspecified atom stereocenters. The Hall–Kier alpha value is -1.66. The fraction of sp³-hybridized carbons (Fsp3) is 0.500. The molecule has 6 nitrogen and oxygen atoms in total. The Balaban J connectivity index is 2.68. The number of aliphatic hydroxyl groups is 1. The van der Waals surface area contributed by atoms with Crippen molar-refractivity contribution in [3.05, 3.63) is 29.6 Å². The molecule has 5 N–H and O–H groups in total. The van der Waals surface area contributed by atoms with Crippen molar-refractivity contribution in [3.8, 4) is 0 Å². The highest BCUT2D eigenvalue weighted by atomic mass is 16.4. The van der Waals surface area contributed by atoms with Crippen molar-refractivity contribution in [2.75, 3.05) is 13.2 Å². The van der Waals surface area contributed by atoms with E-state index in [0.717, 1.165) is 5.56 Å². The first-order chi connectivity index (χ1) is 8.50. The van der Waals surface area contributed by atoms with E-state index in [1.807, 2.05) is 19.9 Å². The second-order valence-corrected chi connectivity index (χ2v) is 4.92. The zero-order chi connectivity index (χ0) is 13.6. The van der Waals surface area contributed by atoms with Crippen molar-refractivity contribution in [3.63, 3.8) is 0 Å². The molecule has 0 aliphatic rings. The third-order valence-corrected chi connectivity index (χ3v) is 2.59. The van der Waals surface area contributed by atoms with Crippen LogP contribution in [0.2, 0.25) is 0 Å². The first kappa shape index (κ1) is 14.4. The van der Waals surface area contributed by atoms with Gasteiger partial charge in [-0.2, -0.15) is 0 Å². The number of hydrogen-bond donors (Lipinski definition) is 4. The molecule has 0 radical (unpaired) electrons. The zero-order valence-corrected chi connectivity index (χ0v) is 10.7. The second-order valence-electron chi connectivity index (χ2n) is 4.92. The summed E-state index contributed by atoms with van der Waals surface area (Å²) >= 11 is 0. The minimum atomic E-state index is -0.182. The van der Waals surface area contributed by atoms with E-state index < -0.39 is 0 Å². The number of aliphatic hydroxyl groups excluding tert-OH is 1. The summed E-state index contributed by atoms with van der Waals surface area (Å²) in [6.45, 7) is 5.25. The van der Waals surface area contributed by atoms with Crippen molar-refractivity contribution in [2.45, 2.75) is 20.4 Å². The summed E-state index contributed by atoms with van der Waals surface area (Å²) in [6.07, 6.45) is 1.59. The predicted molar refractivity (Wildman–Crippen MR) is 69.3 cm³/mol. The van der Waals surface area contributed by atoms with Crippen LogP contribution in [0.15, 0.2) is 23.5 Å². The van der Waals surface area contributed by atoms with Crippen molar-refractivity contribution >= 4 is 5.84 Å². The molecule has 0 saturated carbocycles. The van der Waals surface area contributed by atoms with Gasteiger partial charge in [0.1, 0.15) is 5.69 Å². The van der Waals surface area contributed by atoms with Gasteiger partial charge in [0.2, 0.25) is 0 Å². The molecule has 0 bridgehead atoms. The molecule has 0 aliphatic heterocycles. The largest absolute Gasteiger partial charge is 0.409 e. The fourth-order valence-electron chi connectivity index (χ4n) is 1.45. The molecular formula is C12H20N4O2. The van der Waals surface area contributed by atoms with Gasteiger partial charge in [-0.3, -0.25) is 4.98 Å². The number of nitrogens with zero attached hydrogens (tertiary/aromatic N) is 2. The number of nitrogens with one attached hydrogen (secondary N) is 1. The van der Waals surface area contributed by atoms with E-state index in [4.69, 9.17) is 16.0 Å². The monoisotopic (exact) mass is 252 g/mol. The van der Waals surface area contributed by atoms with Crippen molar-refractivity contribution in [1.82, 2.24) is 10.3 Å². The van der Waals surface area contributed by atoms with Gasteiger partial charge in [0.05, 0.1) is 0 Å². The van der Waals surface area contributed by atoms with Gasteiger partial charge in [0.25, 0.3) is 0 Å². The van der Waals surface area contributed by atoms with Gasteiger partial charge in [-0.15, -0.1) is 0 Å². The lowest BCUT2D eigenvalue weighted by molar-refractivity contribution is 0.156. The lowest BCUT2D eigenvalue weighted by Crippen LogP contribution is -2.32. The number of amidine groups is 1. The van der Waals surface area contributed by atoms with Crippen LogP contribution in [-0.4, -0.2) is 34.3 Å². The number of pyridine rings is 1. The Morgan fingerprint density at radius 1 is 1.56 bits per heavy atom. The van der Waals surface area contributed by atoms with Crippen LogP contribution < -0.4 is 11.1 Å². The highest BCUT2D eigenvalue weighted by Gasteiger charge is 2.16. The Bertz CT molecular complexity index is 418. The summed E-state index contributed by atoms with van der Waals surface area (Å²) in [7, 11) is 0. The van der Waals surface area contributed by atoms with E-state index in [1.54, 1.807) is 12.3 Å². The number of oxime groups is 1. The van der Waals surface area contributed by atoms with Gasteiger partial charge < -0.3 is 21.4 Å². The summed E-state index contributed by atoms with van der Waals surface area (Å²) < 4.78 is 0. The maximum absolute atomic E-state index is 9.15. The van der Waals surface area contributed by atoms with Crippen LogP contribution in [0.1, 0.15) is 25.1 Å². The third-order valence-electron chi connectivity index (χ3n) is 2.59. The van der Waals surface area contributed by atoms with Gasteiger partial charge >= 0.3 is 0 Å². The molecule has 0 saturated heterocycles. The minimum Gasteiger partial charge on any atom is -0.409 e. The lowest BCUT2D eigenvalue weighted by Gasteiger charge is -2.22. The van der Waals surface area contributed by atoms with Crippen LogP contribution in [0.4, 0.5) is 0 Å². The van der Waals surface area contributed by atoms with Crippen LogP contribution >= 0.6 is 0 Å². The summed E-state index contributed by atoms with van der Waals surface area (Å²) in [5.74, 6) is -0.00572. The van der Waals surface area contributed by atoms with Crippen molar-refractivity contribution in [2.24, 2.45) is 16.3 Å². The molecule has 0 aliphatic carbocycles. The van der Waals surface area contributed by atoms with Crippen LogP contribution in [0.3, 0.4) is 0 Å². The van der Waals surface area contributed by atoms with E-state index in [-0.39, 0.29) is 17.9 Å². The Morgan fingerprint density at radius 3 is 2.89 bits per heavy atom. The summed E-state index contributed by atoms with van der Waals surface area (Å²) in [5.41, 5.74) is 6.68. The van der Waals surface area contributed by atoms with E-state index in [2.05, 4.69) is 15.5 Å². The molecular weight excluding hydrogens is 232 g/mol. The fourth-order valence-corrected chi connectivity index (χ4v) is 1.45. The average molecular weight is 252 g/mol. The molecule has 1 aromatic heterocycles. The number of rotatable bonds is 6. The number of nitrogens with two attached hydrogens (primary N) is 1. The molecule has 1 heterocycles. The van der Waals surface area contributed by atoms with E-state index in [0.29, 0.717) is 18.8 Å². The lowest BCUT2D eigenvalue weighted by atomic mass is 9.95. The predicted octanol–water partition coefficient (Wildman–Crippen LogP) is 0.284. The minimum absolute atomic E-state index is 0.00572. The second kappa shape index (κ2) is 6.32. The normalized spacial score (nSPS) is 12.7. The Morgan fingerprint density at radius 2 is 2.28 bits per heavy atom. The van der Waals surface area contributed by atoms with Crippen LogP contribution in [0.5, 0.6) is 0 Å². The van der Waals surface area contributed by atoms with Crippen LogP contribution in [0, 0.1) is 5.41 Å². The van der Waals surface area contributed by atoms with Crippen LogP contribution in [0.25, 0.3) is 0 Å². The number of aromatic nitrogens is 1. The van der Waals surface area contributed by atoms with Gasteiger partial charge in [0, 0.05) is 31.3 Å². The van der Waals surface area contributed by atoms with Crippen LogP contribution in [-0.2, 0) is 6.54 Å². The quantitative estimate of drug-likeness (QED) is 0.252. The molecule has 100 valence electrons. The van der Waals surface area contributed by atoms with E-state index >= 15 is 0 Å². The van der Waals surface area contributed by atoms with Crippen molar-refractivity contribution in [1.29, 1.82) is 0 Å². The highest BCUT2D eigenvalue weighted by molar-refractivity contribution is 5.96. The summed E-state index contributed by atoms with van der Waals surface area (Å²) in [4.78, 5) is 4.08. The topological polar surface area (TPSA) is 104 Å². The average Bonchev–Trinajstić information content (AvgIpc) is 2.38. The maximum atomic E-state index is 9.15. The smallest absolute Gasteiger partial charge is 0.189 e. The molecule has 0 aromatic carbocycles. The molecule has 18 heavy (non-hydrogen) atoms. The van der Waals surface area contributed by atoms with E-state index in [9.17, 15) is 0 Å². The van der Waals surface area contributed by atoms with Gasteiger partial charge in [0.15, 0.2) is 5.84 Å². The first-order valence-electron chi connectivity index (χ1n) is 5.73. The summed E-state index contributed by atoms with van der Waals surface area (Å²) in [6, 6.07) is 3.65. The zero-order valence-electron chi connectivity index (χ0n) is 10.7. The first-order valence-corrected chi connectivity index (χ1v) is 5.73. The SMILES string of the molecule is CC(C)(CO)CNCc1cccnc1/C(N)=N/O. The Labute approximate surface area is 107 Å². The number of hydrogen-bond acceptors (Lipinski definition) is 5. The van der Waals surface area contributed by atoms with E-state index in [1.165, 1.54) is 0 Å². The highest BCUT2D eigenvalue weighted by Crippen LogP contribution is 2.12. The van der Waals surface area contributed by atoms with Gasteiger partial charge in [-0.05, 0) is 11.6 Å². The molecule has 0 fully saturated rings. The van der Waals surface area contributed by atoms with Gasteiger partial charge in [-0.1, -0.05) is 25.1 Å². The molecule has 1 aromatic rings. The molecule has 0 amide bonds. The van der Waals surface area contributed by atoms with Crippen molar-refractivity contribution < 1.29 is 10.3 Å². The molecule has 1 rings (SSSR count). The Kier molecular flexibility index (Phi) is 5.06. The molecule has 6 heteroatoms.